The Balaban J connectivity index is 1.66. The van der Waals surface area contributed by atoms with E-state index in [4.69, 9.17) is 4.74 Å². The van der Waals surface area contributed by atoms with Crippen LogP contribution in [0.4, 0.5) is 0 Å². The minimum atomic E-state index is -1.39. The summed E-state index contributed by atoms with van der Waals surface area (Å²) in [4.78, 5) is 4.48. The topological polar surface area (TPSA) is 108 Å². The molecule has 5 atom stereocenters. The number of fused-ring (bicyclic) bond motifs is 1. The normalized spacial score (nSPS) is 26.9. The molecule has 0 aliphatic carbocycles. The summed E-state index contributed by atoms with van der Waals surface area (Å²) < 4.78 is 7.86. The molecule has 1 fully saturated rings. The molecule has 7 nitrogen and oxygen atoms in total. The number of ether oxygens (including phenoxy) is 1. The van der Waals surface area contributed by atoms with E-state index in [1.807, 2.05) is 36.7 Å². The lowest BCUT2D eigenvalue weighted by atomic mass is 9.90. The van der Waals surface area contributed by atoms with Crippen molar-refractivity contribution in [3.05, 3.63) is 54.4 Å². The number of aryl methyl sites for hydroxylation is 1. The maximum absolute atomic E-state index is 10.4. The zero-order chi connectivity index (χ0) is 21.3. The molecule has 1 aliphatic heterocycles. The van der Waals surface area contributed by atoms with Gasteiger partial charge in [0.2, 0.25) is 0 Å². The predicted molar refractivity (Wildman–Crippen MR) is 113 cm³/mol. The lowest BCUT2D eigenvalue weighted by Crippen LogP contribution is -2.55. The zero-order valence-electron chi connectivity index (χ0n) is 16.9. The van der Waals surface area contributed by atoms with Crippen LogP contribution in [0, 0.1) is 0 Å². The van der Waals surface area contributed by atoms with Crippen LogP contribution in [0.5, 0.6) is 0 Å². The Bertz CT molecular complexity index is 1000. The number of hydrogen-bond acceptors (Lipinski definition) is 6. The molecule has 4 N–H and O–H groups in total. The van der Waals surface area contributed by atoms with Crippen molar-refractivity contribution in [1.82, 2.24) is 9.55 Å². The summed E-state index contributed by atoms with van der Waals surface area (Å²) in [5.74, 6) is 0. The molecule has 2 heterocycles. The van der Waals surface area contributed by atoms with E-state index in [1.54, 1.807) is 6.07 Å². The summed E-state index contributed by atoms with van der Waals surface area (Å²) in [6.45, 7) is 2.63. The summed E-state index contributed by atoms with van der Waals surface area (Å²) in [5, 5.41) is 40.0. The van der Waals surface area contributed by atoms with Gasteiger partial charge in [-0.25, -0.2) is 4.98 Å². The van der Waals surface area contributed by atoms with E-state index < -0.39 is 37.1 Å². The highest BCUT2D eigenvalue weighted by Crippen LogP contribution is 2.34. The van der Waals surface area contributed by atoms with Crippen molar-refractivity contribution in [2.75, 3.05) is 6.61 Å². The molecule has 160 valence electrons. The first kappa shape index (κ1) is 21.0. The second-order valence-electron chi connectivity index (χ2n) is 7.87. The molecule has 7 heteroatoms. The Morgan fingerprint density at radius 3 is 2.57 bits per heavy atom. The number of aromatic nitrogens is 2. The fourth-order valence-corrected chi connectivity index (χ4v) is 4.02. The molecule has 0 saturated carbocycles. The van der Waals surface area contributed by atoms with Crippen LogP contribution in [0.15, 0.2) is 48.8 Å². The highest BCUT2D eigenvalue weighted by atomic mass is 16.5. The Kier molecular flexibility index (Phi) is 6.17. The number of aliphatic hydroxyl groups excluding tert-OH is 4. The molecule has 0 radical (unpaired) electrons. The van der Waals surface area contributed by atoms with E-state index in [-0.39, 0.29) is 0 Å². The molecule has 1 saturated heterocycles. The lowest BCUT2D eigenvalue weighted by Gasteiger charge is -2.40. The number of unbranched alkanes of at least 4 members (excludes halogenated alkanes) is 1. The van der Waals surface area contributed by atoms with Crippen LogP contribution in [0.25, 0.3) is 22.2 Å². The van der Waals surface area contributed by atoms with Crippen LogP contribution in [-0.2, 0) is 11.3 Å². The number of benzene rings is 2. The van der Waals surface area contributed by atoms with E-state index in [0.717, 1.165) is 41.5 Å². The van der Waals surface area contributed by atoms with Crippen molar-refractivity contribution in [3.8, 4) is 11.1 Å². The van der Waals surface area contributed by atoms with Crippen LogP contribution in [0.1, 0.15) is 31.4 Å². The maximum atomic E-state index is 10.4. The van der Waals surface area contributed by atoms with E-state index >= 15 is 0 Å². The van der Waals surface area contributed by atoms with Crippen molar-refractivity contribution in [2.24, 2.45) is 0 Å². The van der Waals surface area contributed by atoms with Gasteiger partial charge in [-0.1, -0.05) is 37.6 Å². The first-order chi connectivity index (χ1) is 14.5. The number of nitrogens with zero attached hydrogens (tertiary/aromatic N) is 2. The SMILES string of the molecule is CCCCn1cnc2ccc(-c3cccc([C@H]4O[C@H](CO)[C@@H](O)[C@H](O)[C@@H]4O)c3)cc21. The third-order valence-corrected chi connectivity index (χ3v) is 5.81. The summed E-state index contributed by atoms with van der Waals surface area (Å²) in [5.41, 5.74) is 4.63. The number of hydrogen-bond donors (Lipinski definition) is 4. The largest absolute Gasteiger partial charge is 0.394 e. The van der Waals surface area contributed by atoms with Crippen molar-refractivity contribution in [3.63, 3.8) is 0 Å². The van der Waals surface area contributed by atoms with Gasteiger partial charge in [-0.3, -0.25) is 0 Å². The highest BCUT2D eigenvalue weighted by Gasteiger charge is 2.43. The summed E-state index contributed by atoms with van der Waals surface area (Å²) in [7, 11) is 0. The minimum absolute atomic E-state index is 0.445. The van der Waals surface area contributed by atoms with Gasteiger partial charge >= 0.3 is 0 Å². The van der Waals surface area contributed by atoms with Gasteiger partial charge in [0, 0.05) is 6.54 Å². The number of rotatable bonds is 6. The van der Waals surface area contributed by atoms with E-state index in [2.05, 4.69) is 22.5 Å². The Morgan fingerprint density at radius 1 is 1.00 bits per heavy atom. The van der Waals surface area contributed by atoms with E-state index in [9.17, 15) is 20.4 Å². The first-order valence-corrected chi connectivity index (χ1v) is 10.4. The fourth-order valence-electron chi connectivity index (χ4n) is 4.02. The number of aliphatic hydroxyl groups is 4. The van der Waals surface area contributed by atoms with Gasteiger partial charge in [0.25, 0.3) is 0 Å². The van der Waals surface area contributed by atoms with Crippen molar-refractivity contribution < 1.29 is 25.2 Å². The third-order valence-electron chi connectivity index (χ3n) is 5.81. The summed E-state index contributed by atoms with van der Waals surface area (Å²) in [6, 6.07) is 13.6. The second-order valence-corrected chi connectivity index (χ2v) is 7.87. The van der Waals surface area contributed by atoms with Crippen molar-refractivity contribution in [1.29, 1.82) is 0 Å². The third kappa shape index (κ3) is 3.87. The Morgan fingerprint density at radius 2 is 1.80 bits per heavy atom. The van der Waals surface area contributed by atoms with Crippen LogP contribution in [-0.4, -0.2) is 61.0 Å². The molecule has 0 spiro atoms. The van der Waals surface area contributed by atoms with Gasteiger partial charge in [-0.15, -0.1) is 0 Å². The van der Waals surface area contributed by atoms with Crippen molar-refractivity contribution >= 4 is 11.0 Å². The maximum Gasteiger partial charge on any atom is 0.113 e. The summed E-state index contributed by atoms with van der Waals surface area (Å²) in [6.07, 6.45) is -1.77. The molecular weight excluding hydrogens is 384 g/mol. The molecule has 0 unspecified atom stereocenters. The Labute approximate surface area is 175 Å². The Hall–Kier alpha value is -2.29. The minimum Gasteiger partial charge on any atom is -0.394 e. The molecule has 30 heavy (non-hydrogen) atoms. The van der Waals surface area contributed by atoms with Crippen LogP contribution in [0.3, 0.4) is 0 Å². The number of imidazole rings is 1. The predicted octanol–water partition coefficient (Wildman–Crippen LogP) is 2.02. The second kappa shape index (κ2) is 8.83. The summed E-state index contributed by atoms with van der Waals surface area (Å²) >= 11 is 0. The van der Waals surface area contributed by atoms with E-state index in [0.29, 0.717) is 5.56 Å². The monoisotopic (exact) mass is 412 g/mol. The van der Waals surface area contributed by atoms with Gasteiger partial charge in [0.15, 0.2) is 0 Å². The quantitative estimate of drug-likeness (QED) is 0.493. The van der Waals surface area contributed by atoms with E-state index in [1.165, 1.54) is 0 Å². The van der Waals surface area contributed by atoms with Crippen molar-refractivity contribution in [2.45, 2.75) is 56.8 Å². The average molecular weight is 412 g/mol. The molecule has 0 bridgehead atoms. The molecule has 0 amide bonds. The lowest BCUT2D eigenvalue weighted by molar-refractivity contribution is -0.231. The molecule has 3 aromatic rings. The van der Waals surface area contributed by atoms with Gasteiger partial charge in [-0.2, -0.15) is 0 Å². The average Bonchev–Trinajstić information content (AvgIpc) is 3.18. The molecular formula is C23H28N2O5. The standard InChI is InChI=1S/C23H28N2O5/c1-2-3-9-25-13-24-17-8-7-15(11-18(17)25)14-5-4-6-16(10-14)23-22(29)21(28)20(27)19(12-26)30-23/h4-8,10-11,13,19-23,26-29H,2-3,9,12H2,1H3/t19-,20-,21+,22+,23-/m1/s1. The van der Waals surface area contributed by atoms with Crippen LogP contribution in [0.2, 0.25) is 0 Å². The fraction of sp³-hybridized carbons (Fsp3) is 0.435. The van der Waals surface area contributed by atoms with Gasteiger partial charge in [0.05, 0.1) is 24.0 Å². The zero-order valence-corrected chi connectivity index (χ0v) is 16.9. The van der Waals surface area contributed by atoms with Crippen LogP contribution < -0.4 is 0 Å². The molecule has 4 rings (SSSR count). The van der Waals surface area contributed by atoms with Gasteiger partial charge < -0.3 is 29.7 Å². The molecule has 1 aliphatic rings. The smallest absolute Gasteiger partial charge is 0.113 e. The van der Waals surface area contributed by atoms with Crippen LogP contribution >= 0.6 is 0 Å². The highest BCUT2D eigenvalue weighted by molar-refractivity contribution is 5.82. The molecule has 1 aromatic heterocycles. The first-order valence-electron chi connectivity index (χ1n) is 10.4. The van der Waals surface area contributed by atoms with Gasteiger partial charge in [-0.05, 0) is 41.3 Å². The molecule has 2 aromatic carbocycles. The van der Waals surface area contributed by atoms with Gasteiger partial charge in [0.1, 0.15) is 30.5 Å².